The van der Waals surface area contributed by atoms with E-state index in [2.05, 4.69) is 48.6 Å². The SMILES string of the molecule is C1=CC2(C3=Cc4ccccc4C3=C1)C1CC3CC(C1)CC2C3. The van der Waals surface area contributed by atoms with Gasteiger partial charge in [0, 0.05) is 5.41 Å². The van der Waals surface area contributed by atoms with Gasteiger partial charge in [-0.25, -0.2) is 0 Å². The number of allylic oxidation sites excluding steroid dienone is 5. The smallest absolute Gasteiger partial charge is 0.0198 e. The third kappa shape index (κ3) is 1.27. The Balaban J connectivity index is 1.55. The Morgan fingerprint density at radius 3 is 2.36 bits per heavy atom. The van der Waals surface area contributed by atoms with E-state index >= 15 is 0 Å². The van der Waals surface area contributed by atoms with Crippen LogP contribution < -0.4 is 0 Å². The fraction of sp³-hybridized carbons (Fsp3) is 0.455. The summed E-state index contributed by atoms with van der Waals surface area (Å²) < 4.78 is 0. The number of hydrogen-bond acceptors (Lipinski definition) is 0. The molecule has 1 aromatic carbocycles. The topological polar surface area (TPSA) is 0 Å². The van der Waals surface area contributed by atoms with Crippen LogP contribution in [0.5, 0.6) is 0 Å². The molecule has 0 aliphatic heterocycles. The molecule has 0 nitrogen and oxygen atoms in total. The molecule has 7 rings (SSSR count). The van der Waals surface area contributed by atoms with Crippen molar-refractivity contribution in [2.24, 2.45) is 29.1 Å². The lowest BCUT2D eigenvalue weighted by Crippen LogP contribution is -2.53. The lowest BCUT2D eigenvalue weighted by Gasteiger charge is -2.61. The monoisotopic (exact) mass is 286 g/mol. The summed E-state index contributed by atoms with van der Waals surface area (Å²) >= 11 is 0. The van der Waals surface area contributed by atoms with Crippen LogP contribution in [-0.4, -0.2) is 0 Å². The maximum absolute atomic E-state index is 2.61. The molecule has 0 heterocycles. The Hall–Kier alpha value is -1.56. The summed E-state index contributed by atoms with van der Waals surface area (Å²) in [4.78, 5) is 0. The Morgan fingerprint density at radius 2 is 1.59 bits per heavy atom. The van der Waals surface area contributed by atoms with Gasteiger partial charge in [-0.3, -0.25) is 0 Å². The molecule has 0 atom stereocenters. The highest BCUT2D eigenvalue weighted by atomic mass is 14.6. The van der Waals surface area contributed by atoms with Crippen LogP contribution in [0.2, 0.25) is 0 Å². The van der Waals surface area contributed by atoms with Crippen LogP contribution in [0.4, 0.5) is 0 Å². The molecule has 1 spiro atoms. The van der Waals surface area contributed by atoms with E-state index in [-0.39, 0.29) is 0 Å². The van der Waals surface area contributed by atoms with E-state index in [0.717, 1.165) is 23.7 Å². The van der Waals surface area contributed by atoms with Crippen molar-refractivity contribution in [1.82, 2.24) is 0 Å². The van der Waals surface area contributed by atoms with Gasteiger partial charge in [-0.1, -0.05) is 42.5 Å². The van der Waals surface area contributed by atoms with Gasteiger partial charge in [0.1, 0.15) is 0 Å². The number of hydrogen-bond donors (Lipinski definition) is 0. The molecular formula is C22H22. The van der Waals surface area contributed by atoms with Crippen LogP contribution in [-0.2, 0) is 0 Å². The second-order valence-electron chi connectivity index (χ2n) is 8.32. The largest absolute Gasteiger partial charge is 0.0733 e. The van der Waals surface area contributed by atoms with E-state index in [1.165, 1.54) is 48.8 Å². The minimum Gasteiger partial charge on any atom is -0.0733 e. The maximum Gasteiger partial charge on any atom is 0.0198 e. The molecule has 110 valence electrons. The first-order valence-corrected chi connectivity index (χ1v) is 9.06. The molecule has 0 unspecified atom stereocenters. The van der Waals surface area contributed by atoms with Crippen LogP contribution in [0, 0.1) is 29.1 Å². The molecule has 6 aliphatic rings. The Morgan fingerprint density at radius 1 is 0.864 bits per heavy atom. The number of fused-ring (bicyclic) bond motifs is 3. The lowest BCUT2D eigenvalue weighted by atomic mass is 9.42. The van der Waals surface area contributed by atoms with Gasteiger partial charge < -0.3 is 0 Å². The third-order valence-electron chi connectivity index (χ3n) is 7.43. The quantitative estimate of drug-likeness (QED) is 0.592. The molecule has 4 bridgehead atoms. The maximum atomic E-state index is 2.61. The van der Waals surface area contributed by atoms with E-state index in [9.17, 15) is 0 Å². The second kappa shape index (κ2) is 3.85. The van der Waals surface area contributed by atoms with Gasteiger partial charge in [0.2, 0.25) is 0 Å². The van der Waals surface area contributed by atoms with Crippen molar-refractivity contribution >= 4 is 11.6 Å². The summed E-state index contributed by atoms with van der Waals surface area (Å²) in [6.45, 7) is 0. The minimum absolute atomic E-state index is 0.372. The van der Waals surface area contributed by atoms with Crippen LogP contribution in [0.1, 0.15) is 43.2 Å². The summed E-state index contributed by atoms with van der Waals surface area (Å²) in [6.07, 6.45) is 17.4. The predicted octanol–water partition coefficient (Wildman–Crippen LogP) is 5.48. The van der Waals surface area contributed by atoms with Gasteiger partial charge >= 0.3 is 0 Å². The Labute approximate surface area is 132 Å². The van der Waals surface area contributed by atoms with Gasteiger partial charge in [-0.15, -0.1) is 0 Å². The third-order valence-corrected chi connectivity index (χ3v) is 7.43. The fourth-order valence-corrected chi connectivity index (χ4v) is 6.85. The first kappa shape index (κ1) is 11.9. The number of benzene rings is 1. The van der Waals surface area contributed by atoms with Crippen LogP contribution in [0.25, 0.3) is 11.6 Å². The molecule has 4 fully saturated rings. The van der Waals surface area contributed by atoms with Gasteiger partial charge in [0.05, 0.1) is 0 Å². The molecule has 0 N–H and O–H groups in total. The molecule has 0 saturated heterocycles. The predicted molar refractivity (Wildman–Crippen MR) is 91.0 cm³/mol. The van der Waals surface area contributed by atoms with Crippen molar-refractivity contribution in [2.45, 2.75) is 32.1 Å². The highest BCUT2D eigenvalue weighted by molar-refractivity contribution is 5.97. The highest BCUT2D eigenvalue weighted by Gasteiger charge is 2.58. The van der Waals surface area contributed by atoms with Gasteiger partial charge in [-0.2, -0.15) is 0 Å². The zero-order valence-electron chi connectivity index (χ0n) is 13.0. The van der Waals surface area contributed by atoms with Crippen molar-refractivity contribution in [3.8, 4) is 0 Å². The van der Waals surface area contributed by atoms with Crippen molar-refractivity contribution < 1.29 is 0 Å². The average Bonchev–Trinajstić information content (AvgIpc) is 2.91. The first-order valence-electron chi connectivity index (χ1n) is 9.06. The van der Waals surface area contributed by atoms with Crippen molar-refractivity contribution in [2.75, 3.05) is 0 Å². The Bertz CT molecular complexity index is 730. The van der Waals surface area contributed by atoms with Gasteiger partial charge in [0.15, 0.2) is 0 Å². The van der Waals surface area contributed by atoms with Gasteiger partial charge in [0.25, 0.3) is 0 Å². The molecule has 0 heteroatoms. The molecule has 4 saturated carbocycles. The molecule has 6 aliphatic carbocycles. The highest BCUT2D eigenvalue weighted by Crippen LogP contribution is 2.68. The summed E-state index contributed by atoms with van der Waals surface area (Å²) in [5.74, 6) is 3.90. The first-order chi connectivity index (χ1) is 10.8. The summed E-state index contributed by atoms with van der Waals surface area (Å²) in [6, 6.07) is 8.99. The van der Waals surface area contributed by atoms with Crippen LogP contribution >= 0.6 is 0 Å². The molecule has 22 heavy (non-hydrogen) atoms. The summed E-state index contributed by atoms with van der Waals surface area (Å²) in [5.41, 5.74) is 6.49. The van der Waals surface area contributed by atoms with E-state index < -0.39 is 0 Å². The van der Waals surface area contributed by atoms with E-state index in [1.807, 2.05) is 0 Å². The molecule has 0 aromatic heterocycles. The van der Waals surface area contributed by atoms with E-state index in [1.54, 1.807) is 5.57 Å². The summed E-state index contributed by atoms with van der Waals surface area (Å²) in [7, 11) is 0. The van der Waals surface area contributed by atoms with Crippen LogP contribution in [0.15, 0.2) is 48.1 Å². The van der Waals surface area contributed by atoms with Crippen LogP contribution in [0.3, 0.4) is 0 Å². The number of rotatable bonds is 0. The zero-order valence-corrected chi connectivity index (χ0v) is 13.0. The molecule has 0 radical (unpaired) electrons. The fourth-order valence-electron chi connectivity index (χ4n) is 6.85. The average molecular weight is 286 g/mol. The van der Waals surface area contributed by atoms with E-state index in [4.69, 9.17) is 0 Å². The second-order valence-corrected chi connectivity index (χ2v) is 8.32. The molecule has 1 aromatic rings. The van der Waals surface area contributed by atoms with Crippen molar-refractivity contribution in [3.05, 3.63) is 59.2 Å². The van der Waals surface area contributed by atoms with Gasteiger partial charge in [-0.05, 0) is 84.1 Å². The van der Waals surface area contributed by atoms with E-state index in [0.29, 0.717) is 5.41 Å². The van der Waals surface area contributed by atoms with Crippen molar-refractivity contribution in [1.29, 1.82) is 0 Å². The van der Waals surface area contributed by atoms with Crippen molar-refractivity contribution in [3.63, 3.8) is 0 Å². The standard InChI is InChI=1S/C22H22/c1-2-5-19-16(4-1)13-21-20(19)6-3-7-22(21)17-9-14-8-15(11-17)12-18(22)10-14/h1-7,13-15,17-18H,8-12H2. The summed E-state index contributed by atoms with van der Waals surface area (Å²) in [5, 5.41) is 0. The lowest BCUT2D eigenvalue weighted by molar-refractivity contribution is -0.0586. The minimum atomic E-state index is 0.372. The molecule has 0 amide bonds. The normalized spacial score (nSPS) is 43.1. The zero-order chi connectivity index (χ0) is 14.3. The molecular weight excluding hydrogens is 264 g/mol. The Kier molecular flexibility index (Phi) is 2.09.